The van der Waals surface area contributed by atoms with Crippen LogP contribution in [0, 0.1) is 6.92 Å². The molecule has 0 aliphatic heterocycles. The first kappa shape index (κ1) is 33.7. The summed E-state index contributed by atoms with van der Waals surface area (Å²) in [5.74, 6) is 0.928. The molecule has 2 heterocycles. The van der Waals surface area contributed by atoms with Gasteiger partial charge in [-0.25, -0.2) is 14.6 Å². The highest BCUT2D eigenvalue weighted by molar-refractivity contribution is 6.32. The summed E-state index contributed by atoms with van der Waals surface area (Å²) in [6, 6.07) is 57.4. The van der Waals surface area contributed by atoms with Gasteiger partial charge in [0, 0.05) is 33.6 Å². The van der Waals surface area contributed by atoms with Gasteiger partial charge in [0.05, 0.1) is 0 Å². The first-order valence-corrected chi connectivity index (χ1v) is 17.4. The fourth-order valence-electron chi connectivity index (χ4n) is 7.09. The van der Waals surface area contributed by atoms with E-state index in [1.54, 1.807) is 12.7 Å². The Morgan fingerprint density at radius 2 is 0.882 bits per heavy atom. The van der Waals surface area contributed by atoms with Crippen LogP contribution in [0.25, 0.3) is 0 Å². The molecule has 0 radical (unpaired) electrons. The first-order chi connectivity index (χ1) is 25.1. The molecule has 0 saturated carbocycles. The molecular formula is C44H35Cl2N5. The summed E-state index contributed by atoms with van der Waals surface area (Å²) in [6.07, 6.45) is 7.16. The van der Waals surface area contributed by atoms with E-state index in [2.05, 4.69) is 98.5 Å². The lowest BCUT2D eigenvalue weighted by Gasteiger charge is -2.38. The Morgan fingerprint density at radius 3 is 1.25 bits per heavy atom. The van der Waals surface area contributed by atoms with Gasteiger partial charge in [0.2, 0.25) is 0 Å². The van der Waals surface area contributed by atoms with Crippen molar-refractivity contribution in [1.82, 2.24) is 24.3 Å². The highest BCUT2D eigenvalue weighted by Crippen LogP contribution is 2.45. The topological polar surface area (TPSA) is 48.5 Å². The van der Waals surface area contributed by atoms with Crippen LogP contribution in [0.15, 0.2) is 195 Å². The van der Waals surface area contributed by atoms with Crippen molar-refractivity contribution < 1.29 is 0 Å². The maximum atomic E-state index is 6.74. The molecule has 5 nitrogen and oxygen atoms in total. The van der Waals surface area contributed by atoms with Crippen LogP contribution in [-0.4, -0.2) is 24.3 Å². The highest BCUT2D eigenvalue weighted by atomic mass is 35.5. The number of hydrogen-bond donors (Lipinski definition) is 0. The lowest BCUT2D eigenvalue weighted by atomic mass is 9.76. The second-order valence-corrected chi connectivity index (χ2v) is 12.8. The van der Waals surface area contributed by atoms with Crippen molar-refractivity contribution in [3.05, 3.63) is 244 Å². The molecule has 0 saturated heterocycles. The Morgan fingerprint density at radius 1 is 0.490 bits per heavy atom. The number of imidazole rings is 1. The molecule has 51 heavy (non-hydrogen) atoms. The van der Waals surface area contributed by atoms with E-state index in [1.165, 1.54) is 0 Å². The Labute approximate surface area is 308 Å². The molecule has 6 aromatic carbocycles. The van der Waals surface area contributed by atoms with Crippen LogP contribution in [0.2, 0.25) is 10.0 Å². The van der Waals surface area contributed by atoms with E-state index in [4.69, 9.17) is 23.2 Å². The van der Waals surface area contributed by atoms with Crippen molar-refractivity contribution in [2.75, 3.05) is 0 Å². The minimum Gasteiger partial charge on any atom is -0.317 e. The average molecular weight is 705 g/mol. The Hall–Kier alpha value is -5.75. The Balaban J connectivity index is 0.000000159. The van der Waals surface area contributed by atoms with Crippen molar-refractivity contribution in [1.29, 1.82) is 0 Å². The molecule has 7 heteroatoms. The second-order valence-electron chi connectivity index (χ2n) is 12.0. The van der Waals surface area contributed by atoms with Crippen LogP contribution in [0.5, 0.6) is 0 Å². The van der Waals surface area contributed by atoms with Gasteiger partial charge in [-0.15, -0.1) is 0 Å². The Kier molecular flexibility index (Phi) is 9.93. The minimum atomic E-state index is -0.697. The third-order valence-electron chi connectivity index (χ3n) is 9.24. The molecule has 0 unspecified atom stereocenters. The van der Waals surface area contributed by atoms with E-state index in [-0.39, 0.29) is 0 Å². The zero-order chi connectivity index (χ0) is 35.1. The van der Waals surface area contributed by atoms with Gasteiger partial charge in [-0.3, -0.25) is 0 Å². The fraction of sp³-hybridized carbons (Fsp3) is 0.0682. The molecule has 8 rings (SSSR count). The van der Waals surface area contributed by atoms with Crippen LogP contribution < -0.4 is 0 Å². The van der Waals surface area contributed by atoms with E-state index in [9.17, 15) is 0 Å². The number of halogens is 2. The molecule has 0 atom stereocenters. The van der Waals surface area contributed by atoms with E-state index >= 15 is 0 Å². The standard InChI is InChI=1S/C23H19ClN2.C21H16ClN3/c1-18-25-16-17-26(18)23(19-10-4-2-5-11-19,20-12-6-3-7-13-20)21-14-8-9-15-22(21)24;22-20-14-8-7-13-19(20)21(25-16-23-15-24-25,17-9-3-1-4-10-17)18-11-5-2-6-12-18/h2-17H,1H3;1-16H. The van der Waals surface area contributed by atoms with Crippen LogP contribution in [-0.2, 0) is 11.1 Å². The van der Waals surface area contributed by atoms with Gasteiger partial charge in [-0.2, -0.15) is 5.10 Å². The molecule has 2 aromatic heterocycles. The molecule has 0 N–H and O–H groups in total. The van der Waals surface area contributed by atoms with Gasteiger partial charge in [0.15, 0.2) is 0 Å². The normalized spacial score (nSPS) is 11.4. The molecule has 0 aliphatic rings. The van der Waals surface area contributed by atoms with Crippen molar-refractivity contribution in [2.24, 2.45) is 0 Å². The zero-order valence-corrected chi connectivity index (χ0v) is 29.5. The van der Waals surface area contributed by atoms with Crippen molar-refractivity contribution in [3.63, 3.8) is 0 Å². The number of hydrogen-bond acceptors (Lipinski definition) is 3. The van der Waals surface area contributed by atoms with Gasteiger partial charge in [-0.05, 0) is 41.3 Å². The maximum Gasteiger partial charge on any atom is 0.141 e. The summed E-state index contributed by atoms with van der Waals surface area (Å²) in [5.41, 5.74) is 5.11. The SMILES string of the molecule is Cc1nccn1C(c1ccccc1)(c1ccccc1)c1ccccc1Cl.Clc1ccccc1C(c1ccccc1)(c1ccccc1)n1cncn1. The molecule has 0 bridgehead atoms. The lowest BCUT2D eigenvalue weighted by molar-refractivity contribution is 0.459. The van der Waals surface area contributed by atoms with Crippen molar-refractivity contribution >= 4 is 23.2 Å². The predicted molar refractivity (Wildman–Crippen MR) is 206 cm³/mol. The molecule has 250 valence electrons. The third kappa shape index (κ3) is 6.16. The molecule has 0 amide bonds. The monoisotopic (exact) mass is 703 g/mol. The molecule has 0 spiro atoms. The maximum absolute atomic E-state index is 6.74. The zero-order valence-electron chi connectivity index (χ0n) is 28.0. The quantitative estimate of drug-likeness (QED) is 0.148. The number of nitrogens with zero attached hydrogens (tertiary/aromatic N) is 5. The highest BCUT2D eigenvalue weighted by Gasteiger charge is 2.42. The van der Waals surface area contributed by atoms with Crippen molar-refractivity contribution in [2.45, 2.75) is 18.0 Å². The second kappa shape index (κ2) is 15.0. The predicted octanol–water partition coefficient (Wildman–Crippen LogP) is 10.5. The first-order valence-electron chi connectivity index (χ1n) is 16.7. The summed E-state index contributed by atoms with van der Waals surface area (Å²) < 4.78 is 4.08. The van der Waals surface area contributed by atoms with Gasteiger partial charge >= 0.3 is 0 Å². The molecule has 0 aliphatic carbocycles. The number of aromatic nitrogens is 5. The summed E-state index contributed by atoms with van der Waals surface area (Å²) in [4.78, 5) is 8.71. The molecule has 8 aromatic rings. The van der Waals surface area contributed by atoms with Gasteiger partial charge in [-0.1, -0.05) is 181 Å². The van der Waals surface area contributed by atoms with Crippen molar-refractivity contribution in [3.8, 4) is 0 Å². The van der Waals surface area contributed by atoms with Gasteiger partial charge < -0.3 is 4.57 Å². The number of rotatable bonds is 8. The van der Waals surface area contributed by atoms with Crippen LogP contribution in [0.3, 0.4) is 0 Å². The van der Waals surface area contributed by atoms with Gasteiger partial charge in [0.1, 0.15) is 29.6 Å². The van der Waals surface area contributed by atoms with Crippen LogP contribution in [0.1, 0.15) is 39.2 Å². The summed E-state index contributed by atoms with van der Waals surface area (Å²) in [7, 11) is 0. The van der Waals surface area contributed by atoms with E-state index in [0.29, 0.717) is 5.02 Å². The van der Waals surface area contributed by atoms with E-state index in [0.717, 1.165) is 44.2 Å². The average Bonchev–Trinajstić information content (AvgIpc) is 3.89. The largest absolute Gasteiger partial charge is 0.317 e. The Bertz CT molecular complexity index is 2210. The minimum absolute atomic E-state index is 0.596. The lowest BCUT2D eigenvalue weighted by Crippen LogP contribution is -2.38. The molecule has 0 fully saturated rings. The van der Waals surface area contributed by atoms with E-state index in [1.807, 2.05) is 115 Å². The molecular weight excluding hydrogens is 669 g/mol. The number of aryl methyl sites for hydroxylation is 1. The third-order valence-corrected chi connectivity index (χ3v) is 9.90. The number of benzene rings is 6. The smallest absolute Gasteiger partial charge is 0.141 e. The van der Waals surface area contributed by atoms with Crippen LogP contribution in [0.4, 0.5) is 0 Å². The fourth-order valence-corrected chi connectivity index (χ4v) is 7.64. The summed E-state index contributed by atoms with van der Waals surface area (Å²) >= 11 is 13.4. The summed E-state index contributed by atoms with van der Waals surface area (Å²) in [6.45, 7) is 2.03. The summed E-state index contributed by atoms with van der Waals surface area (Å²) in [5, 5.41) is 5.92. The van der Waals surface area contributed by atoms with E-state index < -0.39 is 11.1 Å². The van der Waals surface area contributed by atoms with Gasteiger partial charge in [0.25, 0.3) is 0 Å². The van der Waals surface area contributed by atoms with Crippen LogP contribution >= 0.6 is 23.2 Å².